The fourth-order valence-electron chi connectivity index (χ4n) is 2.96. The number of hydrogen-bond donors (Lipinski definition) is 1. The zero-order valence-corrected chi connectivity index (χ0v) is 19.1. The summed E-state index contributed by atoms with van der Waals surface area (Å²) in [5.74, 6) is 1.60. The third kappa shape index (κ3) is 7.36. The van der Waals surface area contributed by atoms with Crippen LogP contribution < -0.4 is 14.2 Å². The standard InChI is InChI=1S/C25H24Cl2O5/c1-17(13-14-30-21-10-7-18(22(27)16-21)8-12-25(28)29)31-23-11-9-19(26)15-24(23)32-20-5-3-2-4-6-20/h2-7,9-11,15-17H,8,12-14H2,1H3,(H,28,29)/t17-/m1/s1. The van der Waals surface area contributed by atoms with E-state index in [1.54, 1.807) is 36.4 Å². The van der Waals surface area contributed by atoms with E-state index in [1.807, 2.05) is 37.3 Å². The van der Waals surface area contributed by atoms with Gasteiger partial charge in [0.05, 0.1) is 12.7 Å². The number of benzene rings is 3. The van der Waals surface area contributed by atoms with Crippen LogP contribution in [0, 0.1) is 0 Å². The van der Waals surface area contributed by atoms with Crippen LogP contribution in [0.15, 0.2) is 66.7 Å². The van der Waals surface area contributed by atoms with Crippen molar-refractivity contribution >= 4 is 29.2 Å². The summed E-state index contributed by atoms with van der Waals surface area (Å²) in [5.41, 5.74) is 0.784. The van der Waals surface area contributed by atoms with E-state index in [2.05, 4.69) is 0 Å². The molecule has 0 fully saturated rings. The lowest BCUT2D eigenvalue weighted by molar-refractivity contribution is -0.136. The number of para-hydroxylation sites is 1. The maximum Gasteiger partial charge on any atom is 0.303 e. The van der Waals surface area contributed by atoms with Gasteiger partial charge in [0.2, 0.25) is 0 Å². The summed E-state index contributed by atoms with van der Waals surface area (Å²) in [6, 6.07) is 20.0. The van der Waals surface area contributed by atoms with Crippen molar-refractivity contribution in [3.05, 3.63) is 82.3 Å². The summed E-state index contributed by atoms with van der Waals surface area (Å²) < 4.78 is 17.8. The van der Waals surface area contributed by atoms with Crippen molar-refractivity contribution in [3.8, 4) is 23.0 Å². The van der Waals surface area contributed by atoms with Crippen LogP contribution in [0.1, 0.15) is 25.3 Å². The summed E-state index contributed by atoms with van der Waals surface area (Å²) in [5, 5.41) is 9.86. The Morgan fingerprint density at radius 3 is 2.47 bits per heavy atom. The number of hydrogen-bond acceptors (Lipinski definition) is 4. The molecule has 0 saturated heterocycles. The Bertz CT molecular complexity index is 1040. The van der Waals surface area contributed by atoms with Gasteiger partial charge in [0.25, 0.3) is 0 Å². The first-order valence-corrected chi connectivity index (χ1v) is 11.0. The van der Waals surface area contributed by atoms with E-state index in [0.717, 1.165) is 5.56 Å². The summed E-state index contributed by atoms with van der Waals surface area (Å²) in [7, 11) is 0. The van der Waals surface area contributed by atoms with Crippen LogP contribution in [0.5, 0.6) is 23.0 Å². The Hall–Kier alpha value is -2.89. The first kappa shape index (κ1) is 23.8. The predicted molar refractivity (Wildman–Crippen MR) is 126 cm³/mol. The fraction of sp³-hybridized carbons (Fsp3) is 0.240. The summed E-state index contributed by atoms with van der Waals surface area (Å²) in [6.45, 7) is 2.38. The minimum Gasteiger partial charge on any atom is -0.493 e. The first-order valence-electron chi connectivity index (χ1n) is 10.2. The molecule has 0 aliphatic heterocycles. The second-order valence-corrected chi connectivity index (χ2v) is 8.06. The molecule has 0 aliphatic rings. The molecule has 0 spiro atoms. The van der Waals surface area contributed by atoms with E-state index in [4.69, 9.17) is 42.5 Å². The molecule has 0 amide bonds. The van der Waals surface area contributed by atoms with Gasteiger partial charge in [-0.2, -0.15) is 0 Å². The Morgan fingerprint density at radius 2 is 1.75 bits per heavy atom. The van der Waals surface area contributed by atoms with Crippen LogP contribution in [0.3, 0.4) is 0 Å². The Morgan fingerprint density at radius 1 is 0.969 bits per heavy atom. The van der Waals surface area contributed by atoms with Crippen LogP contribution >= 0.6 is 23.2 Å². The zero-order chi connectivity index (χ0) is 22.9. The van der Waals surface area contributed by atoms with Crippen LogP contribution in [0.2, 0.25) is 10.0 Å². The number of carbonyl (C=O) groups is 1. The van der Waals surface area contributed by atoms with E-state index >= 15 is 0 Å². The third-order valence-electron chi connectivity index (χ3n) is 4.63. The normalized spacial score (nSPS) is 11.6. The maximum absolute atomic E-state index is 10.7. The van der Waals surface area contributed by atoms with Gasteiger partial charge in [-0.05, 0) is 55.3 Å². The van der Waals surface area contributed by atoms with Crippen molar-refractivity contribution in [2.75, 3.05) is 6.61 Å². The lowest BCUT2D eigenvalue weighted by atomic mass is 10.1. The van der Waals surface area contributed by atoms with Crippen molar-refractivity contribution < 1.29 is 24.1 Å². The molecule has 0 bridgehead atoms. The second-order valence-electron chi connectivity index (χ2n) is 7.22. The molecule has 1 atom stereocenters. The number of aliphatic carboxylic acids is 1. The highest BCUT2D eigenvalue weighted by Crippen LogP contribution is 2.35. The van der Waals surface area contributed by atoms with Gasteiger partial charge in [-0.25, -0.2) is 0 Å². The Kier molecular flexibility index (Phi) is 8.65. The molecule has 0 saturated carbocycles. The van der Waals surface area contributed by atoms with Crippen LogP contribution in [0.25, 0.3) is 0 Å². The topological polar surface area (TPSA) is 65.0 Å². The number of ether oxygens (including phenoxy) is 3. The third-order valence-corrected chi connectivity index (χ3v) is 5.22. The molecule has 3 aromatic rings. The minimum atomic E-state index is -0.853. The average molecular weight is 475 g/mol. The van der Waals surface area contributed by atoms with Crippen molar-refractivity contribution in [2.24, 2.45) is 0 Å². The van der Waals surface area contributed by atoms with Gasteiger partial charge in [0.1, 0.15) is 11.5 Å². The van der Waals surface area contributed by atoms with Gasteiger partial charge in [0.15, 0.2) is 11.5 Å². The van der Waals surface area contributed by atoms with E-state index in [9.17, 15) is 4.79 Å². The van der Waals surface area contributed by atoms with Crippen LogP contribution in [-0.4, -0.2) is 23.8 Å². The first-order chi connectivity index (χ1) is 15.4. The molecular weight excluding hydrogens is 451 g/mol. The SMILES string of the molecule is C[C@H](CCOc1ccc(CCC(=O)O)c(Cl)c1)Oc1ccc(Cl)cc1Oc1ccccc1. The number of aryl methyl sites for hydroxylation is 1. The summed E-state index contributed by atoms with van der Waals surface area (Å²) in [6.07, 6.45) is 0.911. The van der Waals surface area contributed by atoms with Crippen LogP contribution in [0.4, 0.5) is 0 Å². The molecule has 5 nitrogen and oxygen atoms in total. The Labute approximate surface area is 197 Å². The number of carboxylic acid groups (broad SMARTS) is 1. The minimum absolute atomic E-state index is 0.0372. The molecular formula is C25H24Cl2O5. The molecule has 3 aromatic carbocycles. The van der Waals surface area contributed by atoms with Gasteiger partial charge in [-0.1, -0.05) is 47.5 Å². The molecule has 3 rings (SSSR count). The Balaban J connectivity index is 1.53. The van der Waals surface area contributed by atoms with Gasteiger partial charge in [-0.15, -0.1) is 0 Å². The summed E-state index contributed by atoms with van der Waals surface area (Å²) in [4.78, 5) is 10.7. The summed E-state index contributed by atoms with van der Waals surface area (Å²) >= 11 is 12.4. The van der Waals surface area contributed by atoms with Crippen molar-refractivity contribution in [1.29, 1.82) is 0 Å². The largest absolute Gasteiger partial charge is 0.493 e. The van der Waals surface area contributed by atoms with Crippen LogP contribution in [-0.2, 0) is 11.2 Å². The zero-order valence-electron chi connectivity index (χ0n) is 17.6. The highest BCUT2D eigenvalue weighted by Gasteiger charge is 2.12. The second kappa shape index (κ2) is 11.7. The van der Waals surface area contributed by atoms with E-state index in [-0.39, 0.29) is 12.5 Å². The molecule has 32 heavy (non-hydrogen) atoms. The fourth-order valence-corrected chi connectivity index (χ4v) is 3.38. The molecule has 0 heterocycles. The average Bonchev–Trinajstić information content (AvgIpc) is 2.76. The number of rotatable bonds is 11. The quantitative estimate of drug-likeness (QED) is 0.322. The van der Waals surface area contributed by atoms with Gasteiger partial charge in [-0.3, -0.25) is 4.79 Å². The monoisotopic (exact) mass is 474 g/mol. The maximum atomic E-state index is 10.7. The molecule has 7 heteroatoms. The highest BCUT2D eigenvalue weighted by atomic mass is 35.5. The van der Waals surface area contributed by atoms with E-state index < -0.39 is 5.97 Å². The molecule has 0 radical (unpaired) electrons. The smallest absolute Gasteiger partial charge is 0.303 e. The molecule has 0 aliphatic carbocycles. The number of carboxylic acids is 1. The van der Waals surface area contributed by atoms with E-state index in [1.165, 1.54) is 0 Å². The van der Waals surface area contributed by atoms with Gasteiger partial charge in [0, 0.05) is 29.0 Å². The lowest BCUT2D eigenvalue weighted by Gasteiger charge is -2.18. The molecule has 1 N–H and O–H groups in total. The highest BCUT2D eigenvalue weighted by molar-refractivity contribution is 6.31. The van der Waals surface area contributed by atoms with Crippen molar-refractivity contribution in [3.63, 3.8) is 0 Å². The van der Waals surface area contributed by atoms with Crippen molar-refractivity contribution in [2.45, 2.75) is 32.3 Å². The van der Waals surface area contributed by atoms with Crippen molar-refractivity contribution in [1.82, 2.24) is 0 Å². The predicted octanol–water partition coefficient (Wildman–Crippen LogP) is 7.04. The number of halogens is 2. The molecule has 168 valence electrons. The van der Waals surface area contributed by atoms with Gasteiger partial charge < -0.3 is 19.3 Å². The van der Waals surface area contributed by atoms with Gasteiger partial charge >= 0.3 is 5.97 Å². The lowest BCUT2D eigenvalue weighted by Crippen LogP contribution is -2.16. The molecule has 0 aromatic heterocycles. The molecule has 0 unspecified atom stereocenters. The van der Waals surface area contributed by atoms with E-state index in [0.29, 0.717) is 52.5 Å².